The van der Waals surface area contributed by atoms with Gasteiger partial charge in [-0.3, -0.25) is 4.79 Å². The van der Waals surface area contributed by atoms with Crippen LogP contribution in [0.25, 0.3) is 0 Å². The van der Waals surface area contributed by atoms with E-state index in [1.54, 1.807) is 6.08 Å². The van der Waals surface area contributed by atoms with Crippen molar-refractivity contribution < 1.29 is 13.2 Å². The summed E-state index contributed by atoms with van der Waals surface area (Å²) in [6.07, 6.45) is 2.14. The number of hydrogen-bond donors (Lipinski definition) is 1. The first-order valence-corrected chi connectivity index (χ1v) is 9.21. The lowest BCUT2D eigenvalue weighted by atomic mass is 10.1. The third-order valence-corrected chi connectivity index (χ3v) is 6.30. The maximum atomic E-state index is 11.9. The molecule has 104 valence electrons. The van der Waals surface area contributed by atoms with Gasteiger partial charge in [-0.1, -0.05) is 29.2 Å². The summed E-state index contributed by atoms with van der Waals surface area (Å²) in [7, 11) is -3.05. The van der Waals surface area contributed by atoms with Gasteiger partial charge in [0.15, 0.2) is 14.2 Å². The first-order chi connectivity index (χ1) is 9.00. The van der Waals surface area contributed by atoms with Crippen LogP contribution in [-0.4, -0.2) is 41.8 Å². The standard InChI is InChI=1S/C10H13N3O3S3/c1-2-4-17-10-13-12-9(18-10)11-8(14)7-3-5-19(15,16)6-7/h2,7H,1,3-6H2,(H,11,12,14)/t7-/m1/s1. The maximum Gasteiger partial charge on any atom is 0.230 e. The lowest BCUT2D eigenvalue weighted by molar-refractivity contribution is -0.119. The van der Waals surface area contributed by atoms with Gasteiger partial charge in [0.2, 0.25) is 11.0 Å². The first-order valence-electron chi connectivity index (χ1n) is 5.58. The Hall–Kier alpha value is -0.930. The number of nitrogens with zero attached hydrogens (tertiary/aromatic N) is 2. The van der Waals surface area contributed by atoms with Crippen LogP contribution in [-0.2, 0) is 14.6 Å². The van der Waals surface area contributed by atoms with Crippen LogP contribution in [0.1, 0.15) is 6.42 Å². The zero-order valence-electron chi connectivity index (χ0n) is 10.0. The van der Waals surface area contributed by atoms with Crippen molar-refractivity contribution in [2.75, 3.05) is 22.6 Å². The number of amides is 1. The van der Waals surface area contributed by atoms with Gasteiger partial charge in [-0.05, 0) is 6.42 Å². The second-order valence-electron chi connectivity index (χ2n) is 4.06. The number of rotatable bonds is 5. The van der Waals surface area contributed by atoms with E-state index in [0.29, 0.717) is 11.6 Å². The highest BCUT2D eigenvalue weighted by atomic mass is 32.2. The Bertz CT molecular complexity index is 582. The van der Waals surface area contributed by atoms with Crippen molar-refractivity contribution in [3.8, 4) is 0 Å². The molecule has 1 aromatic heterocycles. The zero-order valence-corrected chi connectivity index (χ0v) is 12.5. The molecular weight excluding hydrogens is 306 g/mol. The average molecular weight is 319 g/mol. The Balaban J connectivity index is 1.92. The second kappa shape index (κ2) is 6.02. The molecule has 2 heterocycles. The Morgan fingerprint density at radius 1 is 1.58 bits per heavy atom. The minimum absolute atomic E-state index is 0.0737. The molecule has 0 aromatic carbocycles. The molecule has 0 saturated carbocycles. The highest BCUT2D eigenvalue weighted by Crippen LogP contribution is 2.26. The SMILES string of the molecule is C=CCSc1nnc(NC(=O)[C@@H]2CCS(=O)(=O)C2)s1. The minimum Gasteiger partial charge on any atom is -0.300 e. The average Bonchev–Trinajstić information content (AvgIpc) is 2.93. The predicted octanol–water partition coefficient (Wildman–Crippen LogP) is 1.19. The molecule has 0 aliphatic carbocycles. The number of sulfone groups is 1. The quantitative estimate of drug-likeness (QED) is 0.498. The molecule has 19 heavy (non-hydrogen) atoms. The first kappa shape index (κ1) is 14.5. The molecule has 9 heteroatoms. The summed E-state index contributed by atoms with van der Waals surface area (Å²) in [4.78, 5) is 11.9. The molecule has 1 aliphatic rings. The van der Waals surface area contributed by atoms with E-state index < -0.39 is 15.8 Å². The number of hydrogen-bond acceptors (Lipinski definition) is 7. The number of thioether (sulfide) groups is 1. The second-order valence-corrected chi connectivity index (χ2v) is 8.54. The predicted molar refractivity (Wildman–Crippen MR) is 76.2 cm³/mol. The van der Waals surface area contributed by atoms with Crippen molar-refractivity contribution in [3.63, 3.8) is 0 Å². The highest BCUT2D eigenvalue weighted by Gasteiger charge is 2.33. The van der Waals surface area contributed by atoms with E-state index in [4.69, 9.17) is 0 Å². The van der Waals surface area contributed by atoms with Crippen molar-refractivity contribution in [2.45, 2.75) is 10.8 Å². The summed E-state index contributed by atoms with van der Waals surface area (Å²) >= 11 is 2.75. The summed E-state index contributed by atoms with van der Waals surface area (Å²) in [6, 6.07) is 0. The van der Waals surface area contributed by atoms with Gasteiger partial charge in [0.05, 0.1) is 17.4 Å². The smallest absolute Gasteiger partial charge is 0.230 e. The highest BCUT2D eigenvalue weighted by molar-refractivity contribution is 8.01. The lowest BCUT2D eigenvalue weighted by Gasteiger charge is -2.05. The molecule has 2 rings (SSSR count). The van der Waals surface area contributed by atoms with E-state index in [2.05, 4.69) is 22.1 Å². The molecule has 0 unspecified atom stereocenters. The van der Waals surface area contributed by atoms with Gasteiger partial charge in [0.1, 0.15) is 0 Å². The van der Waals surface area contributed by atoms with Crippen LogP contribution in [0.15, 0.2) is 17.0 Å². The van der Waals surface area contributed by atoms with Gasteiger partial charge in [0.25, 0.3) is 0 Å². The molecule has 6 nitrogen and oxygen atoms in total. The van der Waals surface area contributed by atoms with Gasteiger partial charge in [-0.15, -0.1) is 16.8 Å². The van der Waals surface area contributed by atoms with Crippen molar-refractivity contribution in [3.05, 3.63) is 12.7 Å². The van der Waals surface area contributed by atoms with E-state index >= 15 is 0 Å². The molecule has 1 saturated heterocycles. The fourth-order valence-electron chi connectivity index (χ4n) is 1.66. The molecule has 1 amide bonds. The van der Waals surface area contributed by atoms with Crippen LogP contribution in [0.2, 0.25) is 0 Å². The molecular formula is C10H13N3O3S3. The van der Waals surface area contributed by atoms with Gasteiger partial charge in [-0.2, -0.15) is 0 Å². The van der Waals surface area contributed by atoms with Crippen LogP contribution >= 0.6 is 23.1 Å². The van der Waals surface area contributed by atoms with Crippen molar-refractivity contribution in [1.29, 1.82) is 0 Å². The van der Waals surface area contributed by atoms with Gasteiger partial charge in [0, 0.05) is 5.75 Å². The fraction of sp³-hybridized carbons (Fsp3) is 0.500. The summed E-state index contributed by atoms with van der Waals surface area (Å²) in [6.45, 7) is 3.61. The van der Waals surface area contributed by atoms with E-state index in [1.807, 2.05) is 0 Å². The van der Waals surface area contributed by atoms with Crippen molar-refractivity contribution in [2.24, 2.45) is 5.92 Å². The van der Waals surface area contributed by atoms with E-state index in [0.717, 1.165) is 10.1 Å². The normalized spacial score (nSPS) is 21.2. The monoisotopic (exact) mass is 319 g/mol. The van der Waals surface area contributed by atoms with Gasteiger partial charge >= 0.3 is 0 Å². The third-order valence-electron chi connectivity index (χ3n) is 2.56. The van der Waals surface area contributed by atoms with Gasteiger partial charge in [-0.25, -0.2) is 8.42 Å². The molecule has 0 radical (unpaired) electrons. The largest absolute Gasteiger partial charge is 0.300 e. The molecule has 1 aromatic rings. The molecule has 1 fully saturated rings. The molecule has 0 bridgehead atoms. The fourth-order valence-corrected chi connectivity index (χ4v) is 4.92. The Morgan fingerprint density at radius 3 is 3.00 bits per heavy atom. The summed E-state index contributed by atoms with van der Waals surface area (Å²) < 4.78 is 23.3. The Morgan fingerprint density at radius 2 is 2.37 bits per heavy atom. The van der Waals surface area contributed by atoms with Crippen LogP contribution in [0, 0.1) is 5.92 Å². The molecule has 0 spiro atoms. The number of aromatic nitrogens is 2. The third kappa shape index (κ3) is 4.02. The van der Waals surface area contributed by atoms with E-state index in [-0.39, 0.29) is 17.4 Å². The van der Waals surface area contributed by atoms with E-state index in [9.17, 15) is 13.2 Å². The van der Waals surface area contributed by atoms with Crippen LogP contribution in [0.3, 0.4) is 0 Å². The van der Waals surface area contributed by atoms with E-state index in [1.165, 1.54) is 23.1 Å². The molecule has 1 N–H and O–H groups in total. The summed E-state index contributed by atoms with van der Waals surface area (Å²) in [5.74, 6) is -0.0310. The van der Waals surface area contributed by atoms with Crippen LogP contribution < -0.4 is 5.32 Å². The maximum absolute atomic E-state index is 11.9. The Kier molecular flexibility index (Phi) is 4.58. The zero-order chi connectivity index (χ0) is 13.9. The van der Waals surface area contributed by atoms with Crippen LogP contribution in [0.5, 0.6) is 0 Å². The molecule has 1 aliphatic heterocycles. The summed E-state index contributed by atoms with van der Waals surface area (Å²) in [5.41, 5.74) is 0. The lowest BCUT2D eigenvalue weighted by Crippen LogP contribution is -2.23. The van der Waals surface area contributed by atoms with Crippen LogP contribution in [0.4, 0.5) is 5.13 Å². The minimum atomic E-state index is -3.05. The number of nitrogens with one attached hydrogen (secondary N) is 1. The van der Waals surface area contributed by atoms with Crippen molar-refractivity contribution >= 4 is 44.0 Å². The summed E-state index contributed by atoms with van der Waals surface area (Å²) in [5, 5.41) is 10.8. The Labute approximate surface area is 119 Å². The number of carbonyl (C=O) groups excluding carboxylic acids is 1. The number of carbonyl (C=O) groups is 1. The topological polar surface area (TPSA) is 89.0 Å². The molecule has 1 atom stereocenters. The van der Waals surface area contributed by atoms with Gasteiger partial charge < -0.3 is 5.32 Å². The number of anilines is 1. The van der Waals surface area contributed by atoms with Crippen molar-refractivity contribution in [1.82, 2.24) is 10.2 Å².